The highest BCUT2D eigenvalue weighted by molar-refractivity contribution is 6.14. The van der Waals surface area contributed by atoms with Crippen LogP contribution in [0.5, 0.6) is 23.0 Å². The third-order valence-corrected chi connectivity index (χ3v) is 5.07. The molecule has 0 aliphatic carbocycles. The number of rotatable bonds is 7. The van der Waals surface area contributed by atoms with E-state index in [2.05, 4.69) is 11.8 Å². The number of likely N-dealkylation sites (N-methyl/N-ethyl adjacent to an activating group) is 1. The molecule has 0 atom stereocenters. The average molecular weight is 424 g/mol. The van der Waals surface area contributed by atoms with E-state index in [-0.39, 0.29) is 17.3 Å². The second-order valence-corrected chi connectivity index (χ2v) is 7.29. The van der Waals surface area contributed by atoms with Crippen molar-refractivity contribution in [1.82, 2.24) is 4.90 Å². The Morgan fingerprint density at radius 1 is 0.839 bits per heavy atom. The van der Waals surface area contributed by atoms with Crippen LogP contribution in [-0.2, 0) is 4.79 Å². The number of ketones is 1. The fraction of sp³-hybridized carbons (Fsp3) is 0.320. The van der Waals surface area contributed by atoms with E-state index in [1.54, 1.807) is 36.4 Å². The second kappa shape index (κ2) is 10.2. The van der Waals surface area contributed by atoms with Gasteiger partial charge in [0.1, 0.15) is 0 Å². The number of hydrogen-bond donors (Lipinski definition) is 2. The van der Waals surface area contributed by atoms with Crippen LogP contribution in [0.2, 0.25) is 0 Å². The van der Waals surface area contributed by atoms with Crippen LogP contribution in [0.1, 0.15) is 31.9 Å². The molecule has 2 aromatic rings. The molecule has 6 heteroatoms. The summed E-state index contributed by atoms with van der Waals surface area (Å²) in [5.41, 5.74) is 2.95. The number of ether oxygens (including phenoxy) is 2. The van der Waals surface area contributed by atoms with Crippen LogP contribution in [0.3, 0.4) is 0 Å². The lowest BCUT2D eigenvalue weighted by Crippen LogP contribution is -2.37. The van der Waals surface area contributed by atoms with Gasteiger partial charge in [-0.25, -0.2) is 0 Å². The second-order valence-electron chi connectivity index (χ2n) is 7.29. The minimum absolute atomic E-state index is 0.0123. The van der Waals surface area contributed by atoms with Gasteiger partial charge in [0.05, 0.1) is 13.2 Å². The Morgan fingerprint density at radius 3 is 1.68 bits per heavy atom. The summed E-state index contributed by atoms with van der Waals surface area (Å²) in [4.78, 5) is 15.4. The highest BCUT2D eigenvalue weighted by atomic mass is 16.5. The lowest BCUT2D eigenvalue weighted by molar-refractivity contribution is -0.113. The minimum atomic E-state index is -0.0123. The van der Waals surface area contributed by atoms with Gasteiger partial charge in [-0.3, -0.25) is 9.69 Å². The molecule has 2 N–H and O–H groups in total. The SMILES string of the molecule is CCOc1cc(/C=C2/CN(CC)C/C(=C\c3ccc(O)c(OCC)c3)C2=O)ccc1O. The number of phenolic OH excluding ortho intramolecular Hbond substituents is 2. The number of benzene rings is 2. The molecular formula is C25H29NO5. The average Bonchev–Trinajstić information content (AvgIpc) is 2.76. The summed E-state index contributed by atoms with van der Waals surface area (Å²) in [6, 6.07) is 10.2. The summed E-state index contributed by atoms with van der Waals surface area (Å²) < 4.78 is 10.9. The van der Waals surface area contributed by atoms with Gasteiger partial charge in [0.2, 0.25) is 0 Å². The molecule has 31 heavy (non-hydrogen) atoms. The molecule has 1 heterocycles. The van der Waals surface area contributed by atoms with Crippen molar-refractivity contribution in [3.05, 3.63) is 58.7 Å². The van der Waals surface area contributed by atoms with E-state index in [0.29, 0.717) is 48.9 Å². The largest absolute Gasteiger partial charge is 0.504 e. The van der Waals surface area contributed by atoms with Crippen molar-refractivity contribution in [3.8, 4) is 23.0 Å². The number of hydrogen-bond acceptors (Lipinski definition) is 6. The van der Waals surface area contributed by atoms with Gasteiger partial charge in [0, 0.05) is 24.2 Å². The van der Waals surface area contributed by atoms with E-state index in [0.717, 1.165) is 17.7 Å². The van der Waals surface area contributed by atoms with Gasteiger partial charge in [0.15, 0.2) is 28.8 Å². The van der Waals surface area contributed by atoms with E-state index >= 15 is 0 Å². The van der Waals surface area contributed by atoms with Crippen LogP contribution in [0.25, 0.3) is 12.2 Å². The first-order valence-corrected chi connectivity index (χ1v) is 10.5. The van der Waals surface area contributed by atoms with Crippen LogP contribution >= 0.6 is 0 Å². The normalized spacial score (nSPS) is 17.3. The third kappa shape index (κ3) is 5.47. The maximum Gasteiger partial charge on any atom is 0.187 e. The summed E-state index contributed by atoms with van der Waals surface area (Å²) in [6.07, 6.45) is 3.70. The Kier molecular flexibility index (Phi) is 7.36. The van der Waals surface area contributed by atoms with Gasteiger partial charge in [-0.15, -0.1) is 0 Å². The van der Waals surface area contributed by atoms with Crippen LogP contribution < -0.4 is 9.47 Å². The predicted molar refractivity (Wildman–Crippen MR) is 122 cm³/mol. The van der Waals surface area contributed by atoms with Crippen LogP contribution in [-0.4, -0.2) is 53.7 Å². The molecule has 3 rings (SSSR count). The van der Waals surface area contributed by atoms with Crippen LogP contribution in [0.4, 0.5) is 0 Å². The molecule has 0 bridgehead atoms. The zero-order chi connectivity index (χ0) is 22.4. The molecule has 0 aromatic heterocycles. The molecule has 0 unspecified atom stereocenters. The van der Waals surface area contributed by atoms with Crippen LogP contribution in [0.15, 0.2) is 47.5 Å². The molecule has 0 spiro atoms. The molecule has 6 nitrogen and oxygen atoms in total. The summed E-state index contributed by atoms with van der Waals surface area (Å²) in [7, 11) is 0. The maximum absolute atomic E-state index is 13.2. The highest BCUT2D eigenvalue weighted by Gasteiger charge is 2.25. The third-order valence-electron chi connectivity index (χ3n) is 5.07. The van der Waals surface area contributed by atoms with Gasteiger partial charge < -0.3 is 19.7 Å². The van der Waals surface area contributed by atoms with Crippen molar-refractivity contribution in [3.63, 3.8) is 0 Å². The van der Waals surface area contributed by atoms with Gasteiger partial charge in [-0.2, -0.15) is 0 Å². The standard InChI is InChI=1S/C25H29NO5/c1-4-26-15-19(11-17-7-9-21(27)23(13-17)30-5-2)25(29)20(16-26)12-18-8-10-22(28)24(14-18)31-6-3/h7-14,27-28H,4-6,15-16H2,1-3H3/b19-11-,20-12+. The molecule has 0 amide bonds. The number of Topliss-reactive ketones (excluding diaryl/α,β-unsaturated/α-hetero) is 1. The topological polar surface area (TPSA) is 79.2 Å². The van der Waals surface area contributed by atoms with Crippen LogP contribution in [0, 0.1) is 0 Å². The molecule has 0 saturated carbocycles. The predicted octanol–water partition coefficient (Wildman–Crippen LogP) is 4.27. The number of likely N-dealkylation sites (tertiary alicyclic amines) is 1. The first-order chi connectivity index (χ1) is 14.9. The molecule has 1 saturated heterocycles. The molecule has 0 radical (unpaired) electrons. The van der Waals surface area contributed by atoms with E-state index in [1.165, 1.54) is 0 Å². The first kappa shape index (κ1) is 22.4. The number of carbonyl (C=O) groups is 1. The molecule has 2 aromatic carbocycles. The lowest BCUT2D eigenvalue weighted by Gasteiger charge is -2.28. The zero-order valence-corrected chi connectivity index (χ0v) is 18.2. The quantitative estimate of drug-likeness (QED) is 0.648. The monoisotopic (exact) mass is 423 g/mol. The summed E-state index contributed by atoms with van der Waals surface area (Å²) in [6.45, 7) is 8.57. The summed E-state index contributed by atoms with van der Waals surface area (Å²) in [5.74, 6) is 0.938. The Balaban J connectivity index is 1.95. The number of nitrogens with zero attached hydrogens (tertiary/aromatic N) is 1. The Hall–Kier alpha value is -3.25. The number of aromatic hydroxyl groups is 2. The van der Waals surface area contributed by atoms with Gasteiger partial charge in [-0.1, -0.05) is 19.1 Å². The molecular weight excluding hydrogens is 394 g/mol. The summed E-state index contributed by atoms with van der Waals surface area (Å²) in [5, 5.41) is 19.9. The Bertz CT molecular complexity index is 931. The van der Waals surface area contributed by atoms with Crippen molar-refractivity contribution >= 4 is 17.9 Å². The van der Waals surface area contributed by atoms with E-state index in [9.17, 15) is 15.0 Å². The highest BCUT2D eigenvalue weighted by Crippen LogP contribution is 2.31. The van der Waals surface area contributed by atoms with Crippen molar-refractivity contribution in [2.24, 2.45) is 0 Å². The van der Waals surface area contributed by atoms with Gasteiger partial charge in [-0.05, 0) is 67.9 Å². The van der Waals surface area contributed by atoms with E-state index in [1.807, 2.05) is 26.0 Å². The maximum atomic E-state index is 13.2. The number of carbonyl (C=O) groups excluding carboxylic acids is 1. The smallest absolute Gasteiger partial charge is 0.187 e. The van der Waals surface area contributed by atoms with Crippen molar-refractivity contribution in [2.75, 3.05) is 32.8 Å². The van der Waals surface area contributed by atoms with E-state index < -0.39 is 0 Å². The van der Waals surface area contributed by atoms with Crippen molar-refractivity contribution < 1.29 is 24.5 Å². The molecule has 1 fully saturated rings. The van der Waals surface area contributed by atoms with Crippen molar-refractivity contribution in [2.45, 2.75) is 20.8 Å². The Labute approximate surface area is 183 Å². The molecule has 1 aliphatic rings. The first-order valence-electron chi connectivity index (χ1n) is 10.5. The van der Waals surface area contributed by atoms with Crippen molar-refractivity contribution in [1.29, 1.82) is 0 Å². The molecule has 164 valence electrons. The fourth-order valence-corrected chi connectivity index (χ4v) is 3.52. The van der Waals surface area contributed by atoms with Gasteiger partial charge in [0.25, 0.3) is 0 Å². The lowest BCUT2D eigenvalue weighted by atomic mass is 9.94. The minimum Gasteiger partial charge on any atom is -0.504 e. The summed E-state index contributed by atoms with van der Waals surface area (Å²) >= 11 is 0. The number of phenols is 2. The van der Waals surface area contributed by atoms with E-state index in [4.69, 9.17) is 9.47 Å². The number of piperidine rings is 1. The zero-order valence-electron chi connectivity index (χ0n) is 18.2. The fourth-order valence-electron chi connectivity index (χ4n) is 3.52. The Morgan fingerprint density at radius 2 is 1.29 bits per heavy atom. The van der Waals surface area contributed by atoms with Gasteiger partial charge >= 0.3 is 0 Å². The molecule has 1 aliphatic heterocycles.